The second-order valence-corrected chi connectivity index (χ2v) is 8.91. The van der Waals surface area contributed by atoms with Gasteiger partial charge in [-0.05, 0) is 43.9 Å². The van der Waals surface area contributed by atoms with Gasteiger partial charge in [0.2, 0.25) is 0 Å². The van der Waals surface area contributed by atoms with Crippen molar-refractivity contribution < 1.29 is 8.42 Å². The molecule has 4 rings (SSSR count). The van der Waals surface area contributed by atoms with Crippen LogP contribution in [0.3, 0.4) is 0 Å². The van der Waals surface area contributed by atoms with Crippen LogP contribution < -0.4 is 4.90 Å². The Kier molecular flexibility index (Phi) is 4.44. The van der Waals surface area contributed by atoms with Crippen LogP contribution in [0.1, 0.15) is 37.0 Å². The van der Waals surface area contributed by atoms with Crippen molar-refractivity contribution in [2.24, 2.45) is 0 Å². The van der Waals surface area contributed by atoms with Crippen molar-refractivity contribution >= 4 is 26.7 Å². The standard InChI is InChI=1S/C20H23N3O2S/c1-16(17-10-4-2-5-11-17)26(24,25)23-19-13-7-6-12-18(19)20(21-23)22-14-8-3-9-15-22/h2,4-7,10-13,16H,3,8-9,14-15H2,1H3. The highest BCUT2D eigenvalue weighted by Gasteiger charge is 2.29. The summed E-state index contributed by atoms with van der Waals surface area (Å²) < 4.78 is 27.9. The van der Waals surface area contributed by atoms with Crippen LogP contribution in [0, 0.1) is 0 Å². The third-order valence-corrected chi connectivity index (χ3v) is 7.08. The summed E-state index contributed by atoms with van der Waals surface area (Å²) in [5.41, 5.74) is 1.42. The molecule has 3 aromatic rings. The van der Waals surface area contributed by atoms with Crippen LogP contribution >= 0.6 is 0 Å². The van der Waals surface area contributed by atoms with E-state index in [0.29, 0.717) is 5.52 Å². The normalized spacial score (nSPS) is 16.7. The van der Waals surface area contributed by atoms with E-state index in [2.05, 4.69) is 10.00 Å². The van der Waals surface area contributed by atoms with Crippen molar-refractivity contribution in [3.05, 3.63) is 60.2 Å². The number of nitrogens with zero attached hydrogens (tertiary/aromatic N) is 3. The van der Waals surface area contributed by atoms with Crippen LogP contribution in [-0.4, -0.2) is 30.7 Å². The van der Waals surface area contributed by atoms with E-state index in [1.165, 1.54) is 10.5 Å². The van der Waals surface area contributed by atoms with Crippen LogP contribution in [0.15, 0.2) is 54.6 Å². The molecule has 1 saturated heterocycles. The summed E-state index contributed by atoms with van der Waals surface area (Å²) >= 11 is 0. The molecule has 1 fully saturated rings. The molecule has 1 unspecified atom stereocenters. The van der Waals surface area contributed by atoms with Gasteiger partial charge >= 0.3 is 0 Å². The molecule has 0 N–H and O–H groups in total. The van der Waals surface area contributed by atoms with Gasteiger partial charge in [-0.15, -0.1) is 5.10 Å². The second kappa shape index (κ2) is 6.76. The van der Waals surface area contributed by atoms with Crippen molar-refractivity contribution in [2.45, 2.75) is 31.4 Å². The molecule has 2 aromatic carbocycles. The summed E-state index contributed by atoms with van der Waals surface area (Å²) in [5.74, 6) is 0.782. The Bertz CT molecular complexity index is 1010. The summed E-state index contributed by atoms with van der Waals surface area (Å²) in [6, 6.07) is 16.9. The predicted molar refractivity (Wildman–Crippen MR) is 105 cm³/mol. The SMILES string of the molecule is CC(c1ccccc1)S(=O)(=O)n1nc(N2CCCCC2)c2ccccc21. The van der Waals surface area contributed by atoms with E-state index in [1.54, 1.807) is 6.92 Å². The quantitative estimate of drug-likeness (QED) is 0.698. The Morgan fingerprint density at radius 1 is 0.923 bits per heavy atom. The van der Waals surface area contributed by atoms with E-state index in [-0.39, 0.29) is 0 Å². The van der Waals surface area contributed by atoms with Gasteiger partial charge in [0.15, 0.2) is 5.82 Å². The molecule has 0 amide bonds. The molecule has 1 aliphatic rings. The maximum Gasteiger partial charge on any atom is 0.261 e. The lowest BCUT2D eigenvalue weighted by Crippen LogP contribution is -2.30. The highest BCUT2D eigenvalue weighted by molar-refractivity contribution is 7.90. The molecule has 0 aliphatic carbocycles. The molecule has 0 saturated carbocycles. The zero-order valence-corrected chi connectivity index (χ0v) is 15.7. The Labute approximate surface area is 154 Å². The van der Waals surface area contributed by atoms with E-state index in [1.807, 2.05) is 54.6 Å². The topological polar surface area (TPSA) is 55.2 Å². The number of fused-ring (bicyclic) bond motifs is 1. The minimum absolute atomic E-state index is 0.649. The first kappa shape index (κ1) is 17.1. The average Bonchev–Trinajstić information content (AvgIpc) is 3.09. The summed E-state index contributed by atoms with van der Waals surface area (Å²) in [6.07, 6.45) is 3.46. The molecule has 6 heteroatoms. The Morgan fingerprint density at radius 3 is 2.31 bits per heavy atom. The van der Waals surface area contributed by atoms with Gasteiger partial charge in [0.1, 0.15) is 5.25 Å². The third-order valence-electron chi connectivity index (χ3n) is 5.15. The number of aromatic nitrogens is 2. The van der Waals surface area contributed by atoms with Crippen LogP contribution in [0.5, 0.6) is 0 Å². The number of benzene rings is 2. The first-order chi connectivity index (χ1) is 12.6. The van der Waals surface area contributed by atoms with E-state index < -0.39 is 15.3 Å². The van der Waals surface area contributed by atoms with E-state index >= 15 is 0 Å². The highest BCUT2D eigenvalue weighted by atomic mass is 32.2. The minimum atomic E-state index is -3.66. The molecule has 0 bridgehead atoms. The van der Waals surface area contributed by atoms with Gasteiger partial charge in [0.05, 0.1) is 5.52 Å². The lowest BCUT2D eigenvalue weighted by Gasteiger charge is -2.26. The smallest absolute Gasteiger partial charge is 0.261 e. The lowest BCUT2D eigenvalue weighted by molar-refractivity contribution is 0.563. The Balaban J connectivity index is 1.83. The number of para-hydroxylation sites is 1. The number of hydrogen-bond donors (Lipinski definition) is 0. The zero-order chi connectivity index (χ0) is 18.1. The monoisotopic (exact) mass is 369 g/mol. The molecular formula is C20H23N3O2S. The molecule has 0 spiro atoms. The molecular weight excluding hydrogens is 346 g/mol. The molecule has 5 nitrogen and oxygen atoms in total. The first-order valence-corrected chi connectivity index (χ1v) is 10.6. The summed E-state index contributed by atoms with van der Waals surface area (Å²) in [5, 5.41) is 4.82. The van der Waals surface area contributed by atoms with Crippen LogP contribution in [-0.2, 0) is 10.0 Å². The van der Waals surface area contributed by atoms with Crippen molar-refractivity contribution in [1.82, 2.24) is 9.19 Å². The van der Waals surface area contributed by atoms with Gasteiger partial charge in [0, 0.05) is 18.5 Å². The van der Waals surface area contributed by atoms with Crippen LogP contribution in [0.25, 0.3) is 10.9 Å². The fourth-order valence-electron chi connectivity index (χ4n) is 3.60. The Morgan fingerprint density at radius 2 is 1.58 bits per heavy atom. The number of rotatable bonds is 4. The fourth-order valence-corrected chi connectivity index (χ4v) is 5.03. The van der Waals surface area contributed by atoms with Gasteiger partial charge in [0.25, 0.3) is 10.0 Å². The average molecular weight is 369 g/mol. The maximum atomic E-state index is 13.3. The Hall–Kier alpha value is -2.34. The van der Waals surface area contributed by atoms with Crippen LogP contribution in [0.4, 0.5) is 5.82 Å². The molecule has 1 aromatic heterocycles. The molecule has 1 atom stereocenters. The second-order valence-electron chi connectivity index (χ2n) is 6.83. The molecule has 136 valence electrons. The number of anilines is 1. The van der Waals surface area contributed by atoms with Crippen molar-refractivity contribution in [3.63, 3.8) is 0 Å². The molecule has 1 aliphatic heterocycles. The van der Waals surface area contributed by atoms with Gasteiger partial charge in [-0.25, -0.2) is 8.42 Å². The van der Waals surface area contributed by atoms with Crippen LogP contribution in [0.2, 0.25) is 0 Å². The largest absolute Gasteiger partial charge is 0.355 e. The summed E-state index contributed by atoms with van der Waals surface area (Å²) in [6.45, 7) is 3.58. The van der Waals surface area contributed by atoms with Gasteiger partial charge in [-0.1, -0.05) is 42.5 Å². The van der Waals surface area contributed by atoms with Crippen molar-refractivity contribution in [2.75, 3.05) is 18.0 Å². The molecule has 0 radical (unpaired) electrons. The van der Waals surface area contributed by atoms with Crippen molar-refractivity contribution in [1.29, 1.82) is 0 Å². The molecule has 26 heavy (non-hydrogen) atoms. The summed E-state index contributed by atoms with van der Waals surface area (Å²) in [7, 11) is -3.66. The maximum absolute atomic E-state index is 13.3. The van der Waals surface area contributed by atoms with Crippen molar-refractivity contribution in [3.8, 4) is 0 Å². The molecule has 2 heterocycles. The third kappa shape index (κ3) is 2.88. The lowest BCUT2D eigenvalue weighted by atomic mass is 10.1. The van der Waals surface area contributed by atoms with E-state index in [4.69, 9.17) is 0 Å². The zero-order valence-electron chi connectivity index (χ0n) is 14.9. The number of piperidine rings is 1. The first-order valence-electron chi connectivity index (χ1n) is 9.11. The highest BCUT2D eigenvalue weighted by Crippen LogP contribution is 2.32. The van der Waals surface area contributed by atoms with Gasteiger partial charge in [-0.2, -0.15) is 4.09 Å². The summed E-state index contributed by atoms with van der Waals surface area (Å²) in [4.78, 5) is 2.21. The van der Waals surface area contributed by atoms with E-state index in [9.17, 15) is 8.42 Å². The van der Waals surface area contributed by atoms with Gasteiger partial charge < -0.3 is 4.90 Å². The van der Waals surface area contributed by atoms with E-state index in [0.717, 1.165) is 42.7 Å². The van der Waals surface area contributed by atoms with Gasteiger partial charge in [-0.3, -0.25) is 0 Å². The minimum Gasteiger partial charge on any atom is -0.355 e. The number of hydrogen-bond acceptors (Lipinski definition) is 4. The fraction of sp³-hybridized carbons (Fsp3) is 0.350. The predicted octanol–water partition coefficient (Wildman–Crippen LogP) is 3.97.